The molecule has 0 spiro atoms. The van der Waals surface area contributed by atoms with E-state index in [4.69, 9.17) is 10.5 Å². The molecule has 1 aromatic carbocycles. The Kier molecular flexibility index (Phi) is 4.43. The Hall–Kier alpha value is -1.97. The van der Waals surface area contributed by atoms with Gasteiger partial charge in [-0.05, 0) is 43.0 Å². The second-order valence-corrected chi connectivity index (χ2v) is 5.88. The van der Waals surface area contributed by atoms with E-state index in [2.05, 4.69) is 9.55 Å². The van der Waals surface area contributed by atoms with Gasteiger partial charge in [0.1, 0.15) is 11.9 Å². The Morgan fingerprint density at radius 3 is 2.62 bits per heavy atom. The molecule has 1 aromatic heterocycles. The topological polar surface area (TPSA) is 53.1 Å². The summed E-state index contributed by atoms with van der Waals surface area (Å²) in [5.41, 5.74) is 6.51. The van der Waals surface area contributed by atoms with Gasteiger partial charge in [-0.1, -0.05) is 19.3 Å². The van der Waals surface area contributed by atoms with Gasteiger partial charge < -0.3 is 15.0 Å². The van der Waals surface area contributed by atoms with Crippen LogP contribution in [0.1, 0.15) is 32.1 Å². The Labute approximate surface area is 125 Å². The number of nitrogen functional groups attached to an aromatic ring is 1. The maximum atomic E-state index is 6.28. The third-order valence-corrected chi connectivity index (χ3v) is 4.29. The normalized spacial score (nSPS) is 17.5. The molecular formula is C17H23N3O. The molecule has 1 aliphatic rings. The van der Waals surface area contributed by atoms with Crippen LogP contribution >= 0.6 is 0 Å². The lowest BCUT2D eigenvalue weighted by Crippen LogP contribution is -2.32. The van der Waals surface area contributed by atoms with Crippen molar-refractivity contribution < 1.29 is 4.74 Å². The maximum Gasteiger partial charge on any atom is 0.119 e. The summed E-state index contributed by atoms with van der Waals surface area (Å²) in [6.07, 6.45) is 12.4. The summed E-state index contributed by atoms with van der Waals surface area (Å²) in [5.74, 6) is 1.53. The van der Waals surface area contributed by atoms with Crippen LogP contribution in [0.5, 0.6) is 5.75 Å². The molecule has 0 saturated heterocycles. The largest absolute Gasteiger partial charge is 0.488 e. The number of benzene rings is 1. The molecule has 1 fully saturated rings. The zero-order valence-electron chi connectivity index (χ0n) is 12.3. The van der Waals surface area contributed by atoms with Crippen molar-refractivity contribution in [2.45, 2.75) is 44.8 Å². The molecular weight excluding hydrogens is 262 g/mol. The average Bonchev–Trinajstić information content (AvgIpc) is 3.03. The van der Waals surface area contributed by atoms with Crippen molar-refractivity contribution in [1.29, 1.82) is 0 Å². The molecule has 0 amide bonds. The van der Waals surface area contributed by atoms with E-state index in [0.717, 1.165) is 18.0 Å². The molecule has 1 heterocycles. The molecule has 1 saturated carbocycles. The van der Waals surface area contributed by atoms with Gasteiger partial charge in [0.25, 0.3) is 0 Å². The van der Waals surface area contributed by atoms with Crippen LogP contribution in [-0.4, -0.2) is 15.7 Å². The van der Waals surface area contributed by atoms with Crippen molar-refractivity contribution in [3.63, 3.8) is 0 Å². The summed E-state index contributed by atoms with van der Waals surface area (Å²) in [5, 5.41) is 0. The van der Waals surface area contributed by atoms with Crippen molar-refractivity contribution in [3.8, 4) is 5.75 Å². The fraction of sp³-hybridized carbons (Fsp3) is 0.471. The van der Waals surface area contributed by atoms with Crippen molar-refractivity contribution in [1.82, 2.24) is 9.55 Å². The van der Waals surface area contributed by atoms with Crippen LogP contribution in [0.4, 0.5) is 5.69 Å². The molecule has 2 N–H and O–H groups in total. The molecule has 4 heteroatoms. The highest BCUT2D eigenvalue weighted by Crippen LogP contribution is 2.30. The van der Waals surface area contributed by atoms with Gasteiger partial charge >= 0.3 is 0 Å². The minimum atomic E-state index is 0.197. The number of nitrogens with two attached hydrogens (primary N) is 1. The van der Waals surface area contributed by atoms with Crippen molar-refractivity contribution >= 4 is 5.69 Å². The number of hydrogen-bond acceptors (Lipinski definition) is 3. The molecule has 21 heavy (non-hydrogen) atoms. The van der Waals surface area contributed by atoms with Gasteiger partial charge in [0.2, 0.25) is 0 Å². The van der Waals surface area contributed by atoms with Gasteiger partial charge in [0, 0.05) is 18.1 Å². The van der Waals surface area contributed by atoms with Gasteiger partial charge in [-0.25, -0.2) is 4.98 Å². The first-order valence-corrected chi connectivity index (χ1v) is 7.79. The Balaban J connectivity index is 1.72. The van der Waals surface area contributed by atoms with Gasteiger partial charge in [0.05, 0.1) is 12.9 Å². The fourth-order valence-corrected chi connectivity index (χ4v) is 3.11. The van der Waals surface area contributed by atoms with Crippen molar-refractivity contribution in [2.75, 3.05) is 5.73 Å². The predicted molar refractivity (Wildman–Crippen MR) is 84.1 cm³/mol. The number of hydrogen-bond donors (Lipinski definition) is 1. The Bertz CT molecular complexity index is 530. The molecule has 112 valence electrons. The van der Waals surface area contributed by atoms with Crippen molar-refractivity contribution in [3.05, 3.63) is 43.0 Å². The molecule has 0 aliphatic heterocycles. The lowest BCUT2D eigenvalue weighted by atomic mass is 9.85. The highest BCUT2D eigenvalue weighted by molar-refractivity contribution is 5.41. The molecule has 2 aromatic rings. The number of imidazole rings is 1. The molecule has 1 atom stereocenters. The minimum absolute atomic E-state index is 0.197. The Morgan fingerprint density at radius 2 is 1.95 bits per heavy atom. The van der Waals surface area contributed by atoms with Gasteiger partial charge in [0.15, 0.2) is 0 Å². The molecule has 4 nitrogen and oxygen atoms in total. The van der Waals surface area contributed by atoms with Crippen LogP contribution < -0.4 is 10.5 Å². The van der Waals surface area contributed by atoms with E-state index in [1.54, 1.807) is 0 Å². The number of aromatic nitrogens is 2. The summed E-state index contributed by atoms with van der Waals surface area (Å²) >= 11 is 0. The lowest BCUT2D eigenvalue weighted by molar-refractivity contribution is 0.0917. The number of ether oxygens (including phenoxy) is 1. The third-order valence-electron chi connectivity index (χ3n) is 4.29. The van der Waals surface area contributed by atoms with E-state index in [1.165, 1.54) is 32.1 Å². The van der Waals surface area contributed by atoms with Crippen LogP contribution in [0, 0.1) is 5.92 Å². The first kappa shape index (κ1) is 14.0. The Morgan fingerprint density at radius 1 is 1.19 bits per heavy atom. The monoisotopic (exact) mass is 285 g/mol. The summed E-state index contributed by atoms with van der Waals surface area (Å²) in [6.45, 7) is 0.856. The number of rotatable bonds is 5. The van der Waals surface area contributed by atoms with E-state index in [1.807, 2.05) is 43.0 Å². The summed E-state index contributed by atoms with van der Waals surface area (Å²) in [6, 6.07) is 7.70. The summed E-state index contributed by atoms with van der Waals surface area (Å²) in [7, 11) is 0. The number of nitrogens with zero attached hydrogens (tertiary/aromatic N) is 2. The minimum Gasteiger partial charge on any atom is -0.488 e. The average molecular weight is 285 g/mol. The van der Waals surface area contributed by atoms with Crippen LogP contribution in [0.15, 0.2) is 43.0 Å². The fourth-order valence-electron chi connectivity index (χ4n) is 3.11. The molecule has 0 bridgehead atoms. The van der Waals surface area contributed by atoms with Crippen LogP contribution in [-0.2, 0) is 6.54 Å². The standard InChI is InChI=1S/C17H23N3O/c18-15-6-8-16(9-7-15)21-17(12-20-11-10-19-13-20)14-4-2-1-3-5-14/h6-11,13-14,17H,1-5,12,18H2. The summed E-state index contributed by atoms with van der Waals surface area (Å²) in [4.78, 5) is 4.13. The lowest BCUT2D eigenvalue weighted by Gasteiger charge is -2.31. The smallest absolute Gasteiger partial charge is 0.119 e. The first-order valence-electron chi connectivity index (χ1n) is 7.79. The zero-order valence-corrected chi connectivity index (χ0v) is 12.3. The quantitative estimate of drug-likeness (QED) is 0.855. The predicted octanol–water partition coefficient (Wildman–Crippen LogP) is 3.49. The van der Waals surface area contributed by atoms with Gasteiger partial charge in [-0.3, -0.25) is 0 Å². The van der Waals surface area contributed by atoms with E-state index >= 15 is 0 Å². The first-order chi connectivity index (χ1) is 10.3. The number of anilines is 1. The van der Waals surface area contributed by atoms with E-state index < -0.39 is 0 Å². The van der Waals surface area contributed by atoms with E-state index in [-0.39, 0.29) is 6.10 Å². The van der Waals surface area contributed by atoms with Crippen LogP contribution in [0.3, 0.4) is 0 Å². The second kappa shape index (κ2) is 6.66. The maximum absolute atomic E-state index is 6.28. The third kappa shape index (κ3) is 3.78. The van der Waals surface area contributed by atoms with Crippen LogP contribution in [0.2, 0.25) is 0 Å². The van der Waals surface area contributed by atoms with Crippen LogP contribution in [0.25, 0.3) is 0 Å². The highest BCUT2D eigenvalue weighted by atomic mass is 16.5. The van der Waals surface area contributed by atoms with E-state index in [0.29, 0.717) is 5.92 Å². The zero-order chi connectivity index (χ0) is 14.5. The molecule has 0 radical (unpaired) electrons. The van der Waals surface area contributed by atoms with Crippen molar-refractivity contribution in [2.24, 2.45) is 5.92 Å². The van der Waals surface area contributed by atoms with Gasteiger partial charge in [-0.15, -0.1) is 0 Å². The summed E-state index contributed by atoms with van der Waals surface area (Å²) < 4.78 is 8.39. The SMILES string of the molecule is Nc1ccc(OC(Cn2ccnc2)C2CCCCC2)cc1. The van der Waals surface area contributed by atoms with E-state index in [9.17, 15) is 0 Å². The molecule has 1 unspecified atom stereocenters. The highest BCUT2D eigenvalue weighted by Gasteiger charge is 2.25. The van der Waals surface area contributed by atoms with Gasteiger partial charge in [-0.2, -0.15) is 0 Å². The molecule has 3 rings (SSSR count). The molecule has 1 aliphatic carbocycles. The second-order valence-electron chi connectivity index (χ2n) is 5.88.